The van der Waals surface area contributed by atoms with Gasteiger partial charge in [-0.15, -0.1) is 0 Å². The van der Waals surface area contributed by atoms with Crippen LogP contribution in [0.1, 0.15) is 11.3 Å². The molecular formula is C24H26N4O3. The van der Waals surface area contributed by atoms with Gasteiger partial charge in [0, 0.05) is 36.4 Å². The van der Waals surface area contributed by atoms with Crippen molar-refractivity contribution in [2.24, 2.45) is 0 Å². The summed E-state index contributed by atoms with van der Waals surface area (Å²) >= 11 is 0. The molecule has 2 heterocycles. The number of carbonyl (C=O) groups excluding carboxylic acids is 2. The number of benzene rings is 2. The molecule has 3 aromatic rings. The zero-order chi connectivity index (χ0) is 21.6. The van der Waals surface area contributed by atoms with Gasteiger partial charge >= 0.3 is 11.8 Å². The molecule has 1 aliphatic rings. The number of pyridine rings is 1. The molecule has 0 unspecified atom stereocenters. The minimum absolute atomic E-state index is 0.388. The smallest absolute Gasteiger partial charge is 0.313 e. The molecule has 2 amide bonds. The molecule has 0 spiro atoms. The van der Waals surface area contributed by atoms with Gasteiger partial charge in [0.1, 0.15) is 0 Å². The van der Waals surface area contributed by atoms with Crippen molar-refractivity contribution in [3.63, 3.8) is 0 Å². The van der Waals surface area contributed by atoms with Gasteiger partial charge in [-0.3, -0.25) is 14.6 Å². The number of aryl methyl sites for hydroxylation is 1. The van der Waals surface area contributed by atoms with E-state index in [1.807, 2.05) is 31.2 Å². The number of carbonyl (C=O) groups is 2. The third-order valence-corrected chi connectivity index (χ3v) is 5.31. The van der Waals surface area contributed by atoms with Crippen molar-refractivity contribution in [3.8, 4) is 0 Å². The Morgan fingerprint density at radius 1 is 1.03 bits per heavy atom. The highest BCUT2D eigenvalue weighted by atomic mass is 16.5. The van der Waals surface area contributed by atoms with Crippen LogP contribution in [0.15, 0.2) is 54.6 Å². The topological polar surface area (TPSA) is 83.6 Å². The lowest BCUT2D eigenvalue weighted by Crippen LogP contribution is -2.36. The summed E-state index contributed by atoms with van der Waals surface area (Å²) in [4.78, 5) is 31.4. The molecule has 0 aliphatic carbocycles. The van der Waals surface area contributed by atoms with Crippen molar-refractivity contribution >= 4 is 34.1 Å². The second kappa shape index (κ2) is 9.57. The zero-order valence-electron chi connectivity index (χ0n) is 17.6. The van der Waals surface area contributed by atoms with Crippen LogP contribution in [0.5, 0.6) is 0 Å². The predicted octanol–water partition coefficient (Wildman–Crippen LogP) is 2.68. The lowest BCUT2D eigenvalue weighted by molar-refractivity contribution is -0.136. The number of aromatic nitrogens is 1. The molecule has 4 rings (SSSR count). The molecular weight excluding hydrogens is 392 g/mol. The number of anilines is 2. The Morgan fingerprint density at radius 2 is 1.77 bits per heavy atom. The summed E-state index contributed by atoms with van der Waals surface area (Å²) < 4.78 is 5.39. The number of nitrogens with zero attached hydrogens (tertiary/aromatic N) is 2. The Bertz CT molecular complexity index is 1080. The molecule has 1 aliphatic heterocycles. The molecule has 1 saturated heterocycles. The van der Waals surface area contributed by atoms with Crippen molar-refractivity contribution < 1.29 is 14.3 Å². The molecule has 1 fully saturated rings. The summed E-state index contributed by atoms with van der Waals surface area (Å²) in [6, 6.07) is 17.6. The van der Waals surface area contributed by atoms with Crippen LogP contribution in [0.25, 0.3) is 10.9 Å². The standard InChI is InChI=1S/C24H26N4O3/c1-17-16-22(20-4-2-3-5-21(20)26-17)27-24(30)23(29)25-11-10-18-6-8-19(9-7-18)28-12-14-31-15-13-28/h2-9,16H,10-15H2,1H3,(H,25,29)(H,26,27,30). The fourth-order valence-electron chi connectivity index (χ4n) is 3.69. The lowest BCUT2D eigenvalue weighted by Gasteiger charge is -2.28. The Labute approximate surface area is 181 Å². The first kappa shape index (κ1) is 20.8. The van der Waals surface area contributed by atoms with Crippen molar-refractivity contribution in [1.29, 1.82) is 0 Å². The van der Waals surface area contributed by atoms with Crippen molar-refractivity contribution in [2.45, 2.75) is 13.3 Å². The van der Waals surface area contributed by atoms with E-state index in [0.29, 0.717) is 18.7 Å². The van der Waals surface area contributed by atoms with Gasteiger partial charge in [-0.25, -0.2) is 0 Å². The summed E-state index contributed by atoms with van der Waals surface area (Å²) in [5.41, 5.74) is 4.42. The number of rotatable bonds is 5. The number of hydrogen-bond donors (Lipinski definition) is 2. The van der Waals surface area contributed by atoms with Gasteiger partial charge in [-0.1, -0.05) is 30.3 Å². The Hall–Kier alpha value is -3.45. The average molecular weight is 418 g/mol. The minimum Gasteiger partial charge on any atom is -0.378 e. The van der Waals surface area contributed by atoms with Gasteiger partial charge in [0.25, 0.3) is 0 Å². The van der Waals surface area contributed by atoms with E-state index in [1.165, 1.54) is 5.69 Å². The highest BCUT2D eigenvalue weighted by Gasteiger charge is 2.15. The molecule has 31 heavy (non-hydrogen) atoms. The van der Waals surface area contributed by atoms with Crippen LogP contribution >= 0.6 is 0 Å². The second-order valence-electron chi connectivity index (χ2n) is 7.55. The van der Waals surface area contributed by atoms with Crippen LogP contribution in [0.3, 0.4) is 0 Å². The molecule has 0 saturated carbocycles. The van der Waals surface area contributed by atoms with Gasteiger partial charge in [-0.05, 0) is 43.2 Å². The summed E-state index contributed by atoms with van der Waals surface area (Å²) in [5.74, 6) is -1.33. The highest BCUT2D eigenvalue weighted by molar-refractivity contribution is 6.40. The van der Waals surface area contributed by atoms with Crippen LogP contribution < -0.4 is 15.5 Å². The maximum atomic E-state index is 12.4. The Morgan fingerprint density at radius 3 is 2.55 bits per heavy atom. The lowest BCUT2D eigenvalue weighted by atomic mass is 10.1. The van der Waals surface area contributed by atoms with E-state index in [1.54, 1.807) is 6.07 Å². The highest BCUT2D eigenvalue weighted by Crippen LogP contribution is 2.22. The van der Waals surface area contributed by atoms with E-state index in [0.717, 1.165) is 48.5 Å². The molecule has 7 heteroatoms. The number of para-hydroxylation sites is 1. The zero-order valence-corrected chi connectivity index (χ0v) is 17.6. The number of nitrogens with one attached hydrogen (secondary N) is 2. The molecule has 7 nitrogen and oxygen atoms in total. The van der Waals surface area contributed by atoms with Crippen LogP contribution in [-0.2, 0) is 20.7 Å². The van der Waals surface area contributed by atoms with Crippen molar-refractivity contribution in [2.75, 3.05) is 43.1 Å². The number of amides is 2. The number of hydrogen-bond acceptors (Lipinski definition) is 5. The maximum Gasteiger partial charge on any atom is 0.313 e. The van der Waals surface area contributed by atoms with Crippen LogP contribution in [-0.4, -0.2) is 49.6 Å². The molecule has 0 radical (unpaired) electrons. The molecule has 160 valence electrons. The third kappa shape index (κ3) is 5.19. The number of morpholine rings is 1. The molecule has 1 aromatic heterocycles. The summed E-state index contributed by atoms with van der Waals surface area (Å²) in [6.45, 7) is 5.55. The fraction of sp³-hybridized carbons (Fsp3) is 0.292. The molecule has 2 N–H and O–H groups in total. The van der Waals surface area contributed by atoms with E-state index in [9.17, 15) is 9.59 Å². The van der Waals surface area contributed by atoms with Crippen LogP contribution in [0.4, 0.5) is 11.4 Å². The largest absolute Gasteiger partial charge is 0.378 e. The predicted molar refractivity (Wildman–Crippen MR) is 121 cm³/mol. The fourth-order valence-corrected chi connectivity index (χ4v) is 3.69. The van der Waals surface area contributed by atoms with E-state index in [-0.39, 0.29) is 0 Å². The van der Waals surface area contributed by atoms with E-state index in [4.69, 9.17) is 4.74 Å². The van der Waals surface area contributed by atoms with Crippen molar-refractivity contribution in [3.05, 3.63) is 65.9 Å². The first-order valence-electron chi connectivity index (χ1n) is 10.5. The summed E-state index contributed by atoms with van der Waals surface area (Å²) in [5, 5.41) is 6.21. The van der Waals surface area contributed by atoms with Crippen molar-refractivity contribution in [1.82, 2.24) is 10.3 Å². The SMILES string of the molecule is Cc1cc(NC(=O)C(=O)NCCc2ccc(N3CCOCC3)cc2)c2ccccc2n1. The number of fused-ring (bicyclic) bond motifs is 1. The second-order valence-corrected chi connectivity index (χ2v) is 7.55. The van der Waals surface area contributed by atoms with E-state index < -0.39 is 11.8 Å². The van der Waals surface area contributed by atoms with Gasteiger partial charge in [0.05, 0.1) is 24.4 Å². The molecule has 2 aromatic carbocycles. The third-order valence-electron chi connectivity index (χ3n) is 5.31. The summed E-state index contributed by atoms with van der Waals surface area (Å²) in [6.07, 6.45) is 0.652. The minimum atomic E-state index is -0.682. The Kier molecular flexibility index (Phi) is 6.43. The summed E-state index contributed by atoms with van der Waals surface area (Å²) in [7, 11) is 0. The van der Waals surface area contributed by atoms with Crippen LogP contribution in [0.2, 0.25) is 0 Å². The van der Waals surface area contributed by atoms with E-state index >= 15 is 0 Å². The van der Waals surface area contributed by atoms with E-state index in [2.05, 4.69) is 44.8 Å². The van der Waals surface area contributed by atoms with Gasteiger partial charge < -0.3 is 20.3 Å². The molecule has 0 bridgehead atoms. The van der Waals surface area contributed by atoms with Crippen LogP contribution in [0, 0.1) is 6.92 Å². The first-order valence-corrected chi connectivity index (χ1v) is 10.5. The molecule has 0 atom stereocenters. The quantitative estimate of drug-likeness (QED) is 0.623. The number of ether oxygens (including phenoxy) is 1. The van der Waals surface area contributed by atoms with Gasteiger partial charge in [0.15, 0.2) is 0 Å². The average Bonchev–Trinajstić information content (AvgIpc) is 2.80. The monoisotopic (exact) mass is 418 g/mol. The Balaban J connectivity index is 1.29. The first-order chi connectivity index (χ1) is 15.1. The van der Waals surface area contributed by atoms with Gasteiger partial charge in [-0.2, -0.15) is 0 Å². The van der Waals surface area contributed by atoms with Gasteiger partial charge in [0.2, 0.25) is 0 Å². The normalized spacial score (nSPS) is 13.8. The maximum absolute atomic E-state index is 12.4.